The zero-order valence-corrected chi connectivity index (χ0v) is 12.1. The van der Waals surface area contributed by atoms with Gasteiger partial charge < -0.3 is 10.4 Å². The molecule has 1 aliphatic carbocycles. The Bertz CT molecular complexity index is 382. The fourth-order valence-corrected chi connectivity index (χ4v) is 3.55. The lowest BCUT2D eigenvalue weighted by molar-refractivity contribution is 0.149. The summed E-state index contributed by atoms with van der Waals surface area (Å²) in [7, 11) is 0. The van der Waals surface area contributed by atoms with Gasteiger partial charge in [0.15, 0.2) is 0 Å². The molecule has 2 rings (SSSR count). The fraction of sp³-hybridized carbons (Fsp3) is 0.846. The number of nitrogens with zero attached hydrogens (tertiary/aromatic N) is 2. The van der Waals surface area contributed by atoms with Crippen LogP contribution in [0.25, 0.3) is 0 Å². The molecule has 0 saturated heterocycles. The number of aliphatic hydroxyl groups excluding tert-OH is 1. The van der Waals surface area contributed by atoms with Gasteiger partial charge in [-0.05, 0) is 25.2 Å². The molecule has 1 saturated carbocycles. The molecule has 1 fully saturated rings. The first-order valence-electron chi connectivity index (χ1n) is 6.89. The summed E-state index contributed by atoms with van der Waals surface area (Å²) in [6.45, 7) is 4.57. The number of rotatable bonds is 5. The molecule has 2 N–H and O–H groups in total. The van der Waals surface area contributed by atoms with Crippen molar-refractivity contribution in [2.24, 2.45) is 5.92 Å². The van der Waals surface area contributed by atoms with Gasteiger partial charge in [0.25, 0.3) is 0 Å². The third-order valence-electron chi connectivity index (χ3n) is 3.71. The number of anilines is 1. The molecule has 2 unspecified atom stereocenters. The number of aryl methyl sites for hydroxylation is 1. The molecule has 1 aromatic heterocycles. The molecule has 18 heavy (non-hydrogen) atoms. The largest absolute Gasteiger partial charge is 0.394 e. The zero-order chi connectivity index (χ0) is 13.0. The summed E-state index contributed by atoms with van der Waals surface area (Å²) in [4.78, 5) is 4.50. The summed E-state index contributed by atoms with van der Waals surface area (Å²) in [5.41, 5.74) is -0.180. The second-order valence-electron chi connectivity index (χ2n) is 5.53. The molecule has 4 nitrogen and oxygen atoms in total. The molecule has 0 amide bonds. The summed E-state index contributed by atoms with van der Waals surface area (Å²) < 4.78 is 4.34. The van der Waals surface area contributed by atoms with Gasteiger partial charge in [-0.25, -0.2) is 4.98 Å². The Morgan fingerprint density at radius 2 is 2.39 bits per heavy atom. The molecule has 0 radical (unpaired) electrons. The summed E-state index contributed by atoms with van der Waals surface area (Å²) in [5.74, 6) is 1.59. The van der Waals surface area contributed by atoms with Crippen LogP contribution >= 0.6 is 11.5 Å². The van der Waals surface area contributed by atoms with Crippen LogP contribution in [0.2, 0.25) is 0 Å². The Labute approximate surface area is 113 Å². The topological polar surface area (TPSA) is 58.0 Å². The predicted molar refractivity (Wildman–Crippen MR) is 75.0 cm³/mol. The molecule has 0 bridgehead atoms. The standard InChI is InChI=1S/C13H23N3OS/c1-3-5-11-14-12(18-16-11)15-13(9-17)7-4-6-10(2)8-13/h10,17H,3-9H2,1-2H3,(H,14,15,16). The number of aliphatic hydroxyl groups is 1. The summed E-state index contributed by atoms with van der Waals surface area (Å²) >= 11 is 1.41. The van der Waals surface area contributed by atoms with E-state index in [-0.39, 0.29) is 12.1 Å². The first-order chi connectivity index (χ1) is 8.67. The Morgan fingerprint density at radius 1 is 1.56 bits per heavy atom. The molecule has 2 atom stereocenters. The van der Waals surface area contributed by atoms with Gasteiger partial charge in [-0.2, -0.15) is 4.37 Å². The monoisotopic (exact) mass is 269 g/mol. The molecular weight excluding hydrogens is 246 g/mol. The Hall–Kier alpha value is -0.680. The van der Waals surface area contributed by atoms with Crippen LogP contribution in [0.3, 0.4) is 0 Å². The number of aromatic nitrogens is 2. The van der Waals surface area contributed by atoms with E-state index in [4.69, 9.17) is 0 Å². The minimum atomic E-state index is -0.180. The highest BCUT2D eigenvalue weighted by molar-refractivity contribution is 7.09. The number of nitrogens with one attached hydrogen (secondary N) is 1. The molecule has 0 aliphatic heterocycles. The maximum Gasteiger partial charge on any atom is 0.203 e. The van der Waals surface area contributed by atoms with Gasteiger partial charge in [0.1, 0.15) is 5.82 Å². The van der Waals surface area contributed by atoms with Gasteiger partial charge >= 0.3 is 0 Å². The molecule has 1 aliphatic rings. The molecule has 1 aromatic rings. The first-order valence-corrected chi connectivity index (χ1v) is 7.66. The lowest BCUT2D eigenvalue weighted by Gasteiger charge is -2.39. The third-order valence-corrected chi connectivity index (χ3v) is 4.38. The van der Waals surface area contributed by atoms with Crippen molar-refractivity contribution in [3.05, 3.63) is 5.82 Å². The smallest absolute Gasteiger partial charge is 0.203 e. The van der Waals surface area contributed by atoms with Crippen molar-refractivity contribution in [1.82, 2.24) is 9.36 Å². The van der Waals surface area contributed by atoms with Crippen LogP contribution in [0.4, 0.5) is 5.13 Å². The normalized spacial score (nSPS) is 28.3. The summed E-state index contributed by atoms with van der Waals surface area (Å²) in [6.07, 6.45) is 6.48. The highest BCUT2D eigenvalue weighted by Gasteiger charge is 2.35. The van der Waals surface area contributed by atoms with Gasteiger partial charge in [-0.1, -0.05) is 26.7 Å². The average molecular weight is 269 g/mol. The quantitative estimate of drug-likeness (QED) is 0.863. The molecular formula is C13H23N3OS. The van der Waals surface area contributed by atoms with Crippen LogP contribution in [0.1, 0.15) is 51.8 Å². The second-order valence-corrected chi connectivity index (χ2v) is 6.28. The van der Waals surface area contributed by atoms with Crippen molar-refractivity contribution in [2.75, 3.05) is 11.9 Å². The third kappa shape index (κ3) is 3.20. The van der Waals surface area contributed by atoms with E-state index in [2.05, 4.69) is 28.5 Å². The lowest BCUT2D eigenvalue weighted by atomic mass is 9.77. The van der Waals surface area contributed by atoms with E-state index in [0.717, 1.165) is 36.6 Å². The summed E-state index contributed by atoms with van der Waals surface area (Å²) in [5, 5.41) is 14.0. The van der Waals surface area contributed by atoms with Gasteiger partial charge in [0.05, 0.1) is 12.1 Å². The molecule has 0 spiro atoms. The average Bonchev–Trinajstić information content (AvgIpc) is 2.77. The summed E-state index contributed by atoms with van der Waals surface area (Å²) in [6, 6.07) is 0. The van der Waals surface area contributed by atoms with E-state index in [1.54, 1.807) is 0 Å². The number of hydrogen-bond donors (Lipinski definition) is 2. The van der Waals surface area contributed by atoms with Crippen LogP contribution in [0.5, 0.6) is 0 Å². The van der Waals surface area contributed by atoms with Crippen molar-refractivity contribution in [3.8, 4) is 0 Å². The van der Waals surface area contributed by atoms with E-state index in [0.29, 0.717) is 5.92 Å². The van der Waals surface area contributed by atoms with Gasteiger partial charge in [0, 0.05) is 18.0 Å². The minimum absolute atomic E-state index is 0.180. The lowest BCUT2D eigenvalue weighted by Crippen LogP contribution is -2.45. The Kier molecular flexibility index (Phi) is 4.56. The van der Waals surface area contributed by atoms with Crippen molar-refractivity contribution in [3.63, 3.8) is 0 Å². The first kappa shape index (κ1) is 13.7. The SMILES string of the molecule is CCCc1nsc(NC2(CO)CCCC(C)C2)n1. The maximum atomic E-state index is 9.72. The van der Waals surface area contributed by atoms with E-state index in [9.17, 15) is 5.11 Å². The van der Waals surface area contributed by atoms with Crippen molar-refractivity contribution < 1.29 is 5.11 Å². The Morgan fingerprint density at radius 3 is 3.06 bits per heavy atom. The van der Waals surface area contributed by atoms with Crippen LogP contribution in [0.15, 0.2) is 0 Å². The minimum Gasteiger partial charge on any atom is -0.394 e. The van der Waals surface area contributed by atoms with Crippen LogP contribution in [-0.2, 0) is 6.42 Å². The van der Waals surface area contributed by atoms with Crippen LogP contribution in [-0.4, -0.2) is 26.6 Å². The molecule has 1 heterocycles. The Balaban J connectivity index is 2.04. The van der Waals surface area contributed by atoms with Crippen LogP contribution < -0.4 is 5.32 Å². The highest BCUT2D eigenvalue weighted by atomic mass is 32.1. The van der Waals surface area contributed by atoms with Gasteiger partial charge in [-0.3, -0.25) is 0 Å². The van der Waals surface area contributed by atoms with Crippen molar-refractivity contribution in [2.45, 2.75) is 57.9 Å². The zero-order valence-electron chi connectivity index (χ0n) is 11.3. The molecule has 5 heteroatoms. The van der Waals surface area contributed by atoms with E-state index in [1.165, 1.54) is 24.4 Å². The number of hydrogen-bond acceptors (Lipinski definition) is 5. The molecule has 0 aromatic carbocycles. The predicted octanol–water partition coefficient (Wildman–Crippen LogP) is 2.84. The fourth-order valence-electron chi connectivity index (χ4n) is 2.81. The maximum absolute atomic E-state index is 9.72. The van der Waals surface area contributed by atoms with Crippen molar-refractivity contribution in [1.29, 1.82) is 0 Å². The van der Waals surface area contributed by atoms with Crippen LogP contribution in [0, 0.1) is 5.92 Å². The van der Waals surface area contributed by atoms with Gasteiger partial charge in [-0.15, -0.1) is 0 Å². The highest BCUT2D eigenvalue weighted by Crippen LogP contribution is 2.35. The second kappa shape index (κ2) is 5.97. The van der Waals surface area contributed by atoms with E-state index >= 15 is 0 Å². The van der Waals surface area contributed by atoms with E-state index < -0.39 is 0 Å². The van der Waals surface area contributed by atoms with Crippen molar-refractivity contribution >= 4 is 16.7 Å². The van der Waals surface area contributed by atoms with Gasteiger partial charge in [0.2, 0.25) is 5.13 Å². The molecule has 102 valence electrons. The van der Waals surface area contributed by atoms with E-state index in [1.807, 2.05) is 0 Å².